The first-order chi connectivity index (χ1) is 16.4. The summed E-state index contributed by atoms with van der Waals surface area (Å²) >= 11 is 5.84. The highest BCUT2D eigenvalue weighted by Crippen LogP contribution is 2.35. The van der Waals surface area contributed by atoms with Gasteiger partial charge in [0, 0.05) is 24.0 Å². The highest BCUT2D eigenvalue weighted by atomic mass is 35.5. The summed E-state index contributed by atoms with van der Waals surface area (Å²) in [5.74, 6) is -0.526. The van der Waals surface area contributed by atoms with Gasteiger partial charge in [0.25, 0.3) is 0 Å². The third-order valence-electron chi connectivity index (χ3n) is 4.78. The first kappa shape index (κ1) is 24.4. The minimum Gasteiger partial charge on any atom is -0.494 e. The number of hydrogen-bond donors (Lipinski definition) is 1. The Balaban J connectivity index is 1.72. The molecule has 1 atom stereocenters. The lowest BCUT2D eigenvalue weighted by molar-refractivity contribution is -0.190. The van der Waals surface area contributed by atoms with Crippen molar-refractivity contribution in [1.82, 2.24) is 24.1 Å². The molecule has 0 aliphatic rings. The van der Waals surface area contributed by atoms with Crippen LogP contribution in [-0.2, 0) is 6.18 Å². The van der Waals surface area contributed by atoms with Gasteiger partial charge in [0.2, 0.25) is 11.8 Å². The van der Waals surface area contributed by atoms with Crippen LogP contribution < -0.4 is 14.8 Å². The molecule has 1 unspecified atom stereocenters. The van der Waals surface area contributed by atoms with Crippen LogP contribution >= 0.6 is 11.6 Å². The number of anilines is 2. The van der Waals surface area contributed by atoms with Crippen molar-refractivity contribution in [3.63, 3.8) is 0 Å². The number of pyridine rings is 1. The molecule has 0 bridgehead atoms. The number of fused-ring (bicyclic) bond motifs is 1. The number of nitrogens with zero attached hydrogens (tertiary/aromatic N) is 5. The van der Waals surface area contributed by atoms with Gasteiger partial charge in [-0.05, 0) is 25.1 Å². The van der Waals surface area contributed by atoms with Crippen LogP contribution in [0, 0.1) is 0 Å². The second-order valence-electron chi connectivity index (χ2n) is 7.17. The van der Waals surface area contributed by atoms with Crippen LogP contribution in [0.3, 0.4) is 0 Å². The average molecular weight is 521 g/mol. The van der Waals surface area contributed by atoms with E-state index in [4.69, 9.17) is 21.1 Å². The minimum absolute atomic E-state index is 0.251. The van der Waals surface area contributed by atoms with Crippen molar-refractivity contribution < 1.29 is 35.8 Å². The maximum atomic E-state index is 13.5. The second-order valence-corrected chi connectivity index (χ2v) is 7.56. The molecule has 0 saturated carbocycles. The van der Waals surface area contributed by atoms with Crippen molar-refractivity contribution in [3.8, 4) is 17.3 Å². The molecule has 0 saturated heterocycles. The Bertz CT molecular complexity index is 1370. The van der Waals surface area contributed by atoms with E-state index in [2.05, 4.69) is 20.4 Å². The SMILES string of the molecule is COc1cc(Nc2nc3c(C(F)(F)F)ccc(OC(C)C(F)(F)F)n3n2)ccc1-n1cnc(Cl)c1. The maximum Gasteiger partial charge on any atom is 0.425 e. The predicted molar refractivity (Wildman–Crippen MR) is 113 cm³/mol. The van der Waals surface area contributed by atoms with Gasteiger partial charge in [0.05, 0.1) is 12.8 Å². The van der Waals surface area contributed by atoms with Crippen molar-refractivity contribution in [2.75, 3.05) is 12.4 Å². The quantitative estimate of drug-likeness (QED) is 0.330. The molecule has 0 fully saturated rings. The van der Waals surface area contributed by atoms with E-state index in [1.807, 2.05) is 0 Å². The lowest BCUT2D eigenvalue weighted by Gasteiger charge is -2.18. The molecule has 3 aromatic heterocycles. The van der Waals surface area contributed by atoms with Crippen LogP contribution in [0.5, 0.6) is 11.6 Å². The number of hydrogen-bond acceptors (Lipinski definition) is 6. The van der Waals surface area contributed by atoms with Gasteiger partial charge in [0.15, 0.2) is 11.8 Å². The largest absolute Gasteiger partial charge is 0.494 e. The number of halogens is 7. The van der Waals surface area contributed by atoms with Crippen LogP contribution in [0.25, 0.3) is 11.3 Å². The molecular formula is C20H15ClF6N6O2. The molecule has 1 N–H and O–H groups in total. The summed E-state index contributed by atoms with van der Waals surface area (Å²) in [6.07, 6.45) is -8.88. The summed E-state index contributed by atoms with van der Waals surface area (Å²) in [5, 5.41) is 6.86. The topological polar surface area (TPSA) is 78.5 Å². The highest BCUT2D eigenvalue weighted by Gasteiger charge is 2.40. The summed E-state index contributed by atoms with van der Waals surface area (Å²) < 4.78 is 91.6. The predicted octanol–water partition coefficient (Wildman–Crippen LogP) is 5.67. The molecule has 0 spiro atoms. The fourth-order valence-electron chi connectivity index (χ4n) is 3.08. The highest BCUT2D eigenvalue weighted by molar-refractivity contribution is 6.29. The number of alkyl halides is 6. The number of imidazole rings is 1. The number of nitrogens with one attached hydrogen (secondary N) is 1. The van der Waals surface area contributed by atoms with E-state index < -0.39 is 35.5 Å². The Morgan fingerprint density at radius 1 is 1.09 bits per heavy atom. The van der Waals surface area contributed by atoms with Crippen LogP contribution in [0.15, 0.2) is 42.9 Å². The van der Waals surface area contributed by atoms with E-state index >= 15 is 0 Å². The van der Waals surface area contributed by atoms with Gasteiger partial charge in [0.1, 0.15) is 22.8 Å². The third-order valence-corrected chi connectivity index (χ3v) is 4.97. The van der Waals surface area contributed by atoms with Gasteiger partial charge in [-0.2, -0.15) is 35.8 Å². The monoisotopic (exact) mass is 520 g/mol. The van der Waals surface area contributed by atoms with Gasteiger partial charge in [-0.1, -0.05) is 11.6 Å². The molecular weight excluding hydrogens is 506 g/mol. The van der Waals surface area contributed by atoms with E-state index in [0.717, 1.165) is 13.0 Å². The number of benzene rings is 1. The fraction of sp³-hybridized carbons (Fsp3) is 0.250. The zero-order chi connectivity index (χ0) is 25.5. The molecule has 0 aliphatic heterocycles. The Morgan fingerprint density at radius 3 is 2.43 bits per heavy atom. The van der Waals surface area contributed by atoms with Crippen LogP contribution in [0.2, 0.25) is 5.15 Å². The van der Waals surface area contributed by atoms with Crippen molar-refractivity contribution in [2.45, 2.75) is 25.4 Å². The number of rotatable bonds is 6. The number of methoxy groups -OCH3 is 1. The zero-order valence-corrected chi connectivity index (χ0v) is 18.6. The Kier molecular flexibility index (Phi) is 6.17. The molecule has 0 radical (unpaired) electrons. The van der Waals surface area contributed by atoms with Gasteiger partial charge < -0.3 is 19.4 Å². The molecule has 0 aliphatic carbocycles. The average Bonchev–Trinajstić information content (AvgIpc) is 3.38. The van der Waals surface area contributed by atoms with Crippen molar-refractivity contribution in [3.05, 3.63) is 53.6 Å². The van der Waals surface area contributed by atoms with E-state index in [1.165, 1.54) is 25.7 Å². The maximum absolute atomic E-state index is 13.5. The van der Waals surface area contributed by atoms with Gasteiger partial charge in [-0.15, -0.1) is 5.10 Å². The summed E-state index contributed by atoms with van der Waals surface area (Å²) in [4.78, 5) is 7.74. The fourth-order valence-corrected chi connectivity index (χ4v) is 3.23. The van der Waals surface area contributed by atoms with Crippen LogP contribution in [-0.4, -0.2) is 43.5 Å². The van der Waals surface area contributed by atoms with Crippen molar-refractivity contribution >= 4 is 28.9 Å². The lowest BCUT2D eigenvalue weighted by atomic mass is 10.2. The molecule has 4 rings (SSSR count). The lowest BCUT2D eigenvalue weighted by Crippen LogP contribution is -2.31. The smallest absolute Gasteiger partial charge is 0.425 e. The molecule has 35 heavy (non-hydrogen) atoms. The first-order valence-electron chi connectivity index (χ1n) is 9.72. The third kappa shape index (κ3) is 5.06. The molecule has 1 aromatic carbocycles. The standard InChI is InChI=1S/C20H15ClF6N6O2/c1-10(19(22,23)24)35-16-6-4-12(20(25,26)27)17-30-18(31-33(16)17)29-11-3-5-13(14(7-11)34-2)32-8-15(21)28-9-32/h3-10H,1-2H3,(H,29,31). The zero-order valence-electron chi connectivity index (χ0n) is 17.8. The second kappa shape index (κ2) is 8.83. The van der Waals surface area contributed by atoms with Crippen molar-refractivity contribution in [2.24, 2.45) is 0 Å². The van der Waals surface area contributed by atoms with Crippen LogP contribution in [0.4, 0.5) is 38.0 Å². The van der Waals surface area contributed by atoms with E-state index in [9.17, 15) is 26.3 Å². The Hall–Kier alpha value is -3.68. The van der Waals surface area contributed by atoms with Gasteiger partial charge in [-0.3, -0.25) is 0 Å². The van der Waals surface area contributed by atoms with Gasteiger partial charge >= 0.3 is 12.4 Å². The van der Waals surface area contributed by atoms with Crippen molar-refractivity contribution in [1.29, 1.82) is 0 Å². The summed E-state index contributed by atoms with van der Waals surface area (Å²) in [6.45, 7) is 0.723. The van der Waals surface area contributed by atoms with Gasteiger partial charge in [-0.25, -0.2) is 4.98 Å². The molecule has 4 aromatic rings. The molecule has 15 heteroatoms. The number of aromatic nitrogens is 5. The first-order valence-corrected chi connectivity index (χ1v) is 10.1. The Labute approximate surface area is 198 Å². The minimum atomic E-state index is -4.84. The van der Waals surface area contributed by atoms with Crippen LogP contribution in [0.1, 0.15) is 12.5 Å². The summed E-state index contributed by atoms with van der Waals surface area (Å²) in [5.41, 5.74) is -1.04. The molecule has 0 amide bonds. The summed E-state index contributed by atoms with van der Waals surface area (Å²) in [7, 11) is 1.41. The van der Waals surface area contributed by atoms with E-state index in [0.29, 0.717) is 27.7 Å². The number of ether oxygens (including phenoxy) is 2. The van der Waals surface area contributed by atoms with E-state index in [-0.39, 0.29) is 11.1 Å². The Morgan fingerprint density at radius 2 is 1.83 bits per heavy atom. The summed E-state index contributed by atoms with van der Waals surface area (Å²) in [6, 6.07) is 6.04. The molecule has 3 heterocycles. The molecule has 186 valence electrons. The normalized spacial score (nSPS) is 13.2. The molecule has 8 nitrogen and oxygen atoms in total. The van der Waals surface area contributed by atoms with E-state index in [1.54, 1.807) is 16.7 Å².